The Morgan fingerprint density at radius 1 is 1.04 bits per heavy atom. The zero-order chi connectivity index (χ0) is 16.2. The van der Waals surface area contributed by atoms with Gasteiger partial charge in [0.05, 0.1) is 9.61 Å². The predicted molar refractivity (Wildman–Crippen MR) is 97.7 cm³/mol. The van der Waals surface area contributed by atoms with Crippen molar-refractivity contribution >= 4 is 40.0 Å². The molecular formula is C17H16IN3O2. The number of amides is 1. The molecule has 3 rings (SSSR count). The van der Waals surface area contributed by atoms with Gasteiger partial charge in [0.25, 0.3) is 0 Å². The van der Waals surface area contributed by atoms with E-state index < -0.39 is 0 Å². The Balaban J connectivity index is 1.84. The van der Waals surface area contributed by atoms with E-state index in [4.69, 9.17) is 0 Å². The highest BCUT2D eigenvalue weighted by Crippen LogP contribution is 2.20. The maximum absolute atomic E-state index is 12.7. The zero-order valence-electron chi connectivity index (χ0n) is 12.3. The number of anilines is 1. The van der Waals surface area contributed by atoms with Gasteiger partial charge in [-0.05, 0) is 12.1 Å². The van der Waals surface area contributed by atoms with Crippen molar-refractivity contribution in [2.45, 2.75) is 9.97 Å². The molecule has 1 saturated heterocycles. The number of para-hydroxylation sites is 1. The lowest BCUT2D eigenvalue weighted by atomic mass is 10.0. The topological polar surface area (TPSA) is 70.2 Å². The molecule has 2 aromatic rings. The van der Waals surface area contributed by atoms with Crippen LogP contribution >= 0.6 is 22.6 Å². The molecule has 5 nitrogen and oxygen atoms in total. The van der Waals surface area contributed by atoms with Gasteiger partial charge >= 0.3 is 0 Å². The Bertz CT molecular complexity index is 721. The standard InChI is InChI=1S/C17H16IN3O2/c18-13-10-19-21-15(13)17(23)20-14-9-5-4-8-12(14)16(22)11-6-2-1-3-7-11/h1-9,13,15,19,21H,10H2,(H,20,23). The van der Waals surface area contributed by atoms with Crippen LogP contribution in [-0.4, -0.2) is 28.2 Å². The van der Waals surface area contributed by atoms with E-state index in [1.807, 2.05) is 18.2 Å². The van der Waals surface area contributed by atoms with Crippen molar-refractivity contribution in [3.63, 3.8) is 0 Å². The number of carbonyl (C=O) groups is 2. The van der Waals surface area contributed by atoms with Crippen LogP contribution in [0.3, 0.4) is 0 Å². The SMILES string of the molecule is O=C(c1ccccc1)c1ccccc1NC(=O)C1NNCC1I. The zero-order valence-corrected chi connectivity index (χ0v) is 14.4. The minimum Gasteiger partial charge on any atom is -0.324 e. The Morgan fingerprint density at radius 2 is 1.74 bits per heavy atom. The monoisotopic (exact) mass is 421 g/mol. The second-order valence-corrected chi connectivity index (χ2v) is 6.85. The third-order valence-corrected chi connectivity index (χ3v) is 4.82. The lowest BCUT2D eigenvalue weighted by Crippen LogP contribution is -2.42. The number of nitrogens with one attached hydrogen (secondary N) is 3. The van der Waals surface area contributed by atoms with Gasteiger partial charge in [0.1, 0.15) is 6.04 Å². The van der Waals surface area contributed by atoms with Crippen LogP contribution < -0.4 is 16.2 Å². The number of carbonyl (C=O) groups excluding carboxylic acids is 2. The number of halogens is 1. The molecule has 0 radical (unpaired) electrons. The van der Waals surface area contributed by atoms with Crippen molar-refractivity contribution in [2.24, 2.45) is 0 Å². The summed E-state index contributed by atoms with van der Waals surface area (Å²) in [5.41, 5.74) is 7.54. The van der Waals surface area contributed by atoms with Crippen LogP contribution in [0.2, 0.25) is 0 Å². The smallest absolute Gasteiger partial charge is 0.244 e. The summed E-state index contributed by atoms with van der Waals surface area (Å²) in [4.78, 5) is 25.1. The van der Waals surface area contributed by atoms with Crippen molar-refractivity contribution in [3.05, 3.63) is 65.7 Å². The van der Waals surface area contributed by atoms with Crippen molar-refractivity contribution in [3.8, 4) is 0 Å². The highest BCUT2D eigenvalue weighted by atomic mass is 127. The van der Waals surface area contributed by atoms with Crippen molar-refractivity contribution in [2.75, 3.05) is 11.9 Å². The molecule has 23 heavy (non-hydrogen) atoms. The highest BCUT2D eigenvalue weighted by Gasteiger charge is 2.31. The second kappa shape index (κ2) is 7.20. The molecule has 0 spiro atoms. The Kier molecular flexibility index (Phi) is 5.04. The molecule has 2 aromatic carbocycles. The third-order valence-electron chi connectivity index (χ3n) is 3.66. The van der Waals surface area contributed by atoms with Gasteiger partial charge in [-0.15, -0.1) is 0 Å². The first-order valence-electron chi connectivity index (χ1n) is 7.29. The van der Waals surface area contributed by atoms with E-state index in [2.05, 4.69) is 38.8 Å². The first-order valence-corrected chi connectivity index (χ1v) is 8.53. The van der Waals surface area contributed by atoms with Gasteiger partial charge in [-0.1, -0.05) is 65.1 Å². The molecule has 1 fully saturated rings. The molecule has 0 saturated carbocycles. The average molecular weight is 421 g/mol. The molecule has 6 heteroatoms. The number of benzene rings is 2. The van der Waals surface area contributed by atoms with Gasteiger partial charge in [0, 0.05) is 17.7 Å². The lowest BCUT2D eigenvalue weighted by Gasteiger charge is -2.15. The van der Waals surface area contributed by atoms with E-state index >= 15 is 0 Å². The maximum Gasteiger partial charge on any atom is 0.244 e. The fraction of sp³-hybridized carbons (Fsp3) is 0.176. The highest BCUT2D eigenvalue weighted by molar-refractivity contribution is 14.1. The number of hydrazine groups is 1. The molecule has 0 aromatic heterocycles. The molecule has 2 atom stereocenters. The summed E-state index contributed by atoms with van der Waals surface area (Å²) in [5.74, 6) is -0.257. The maximum atomic E-state index is 12.7. The molecule has 0 bridgehead atoms. The summed E-state index contributed by atoms with van der Waals surface area (Å²) < 4.78 is 0.157. The Labute approximate surface area is 148 Å². The summed E-state index contributed by atoms with van der Waals surface area (Å²) in [7, 11) is 0. The number of alkyl halides is 1. The van der Waals surface area contributed by atoms with E-state index in [1.165, 1.54) is 0 Å². The summed E-state index contributed by atoms with van der Waals surface area (Å²) in [6, 6.07) is 15.8. The summed E-state index contributed by atoms with van der Waals surface area (Å²) in [6.07, 6.45) is 0. The van der Waals surface area contributed by atoms with Gasteiger partial charge in [-0.2, -0.15) is 0 Å². The number of rotatable bonds is 4. The van der Waals surface area contributed by atoms with Gasteiger partial charge < -0.3 is 5.32 Å². The van der Waals surface area contributed by atoms with E-state index in [1.54, 1.807) is 36.4 Å². The van der Waals surface area contributed by atoms with Crippen LogP contribution in [0.15, 0.2) is 54.6 Å². The minimum atomic E-state index is -0.324. The molecule has 1 aliphatic heterocycles. The van der Waals surface area contributed by atoms with Crippen LogP contribution in [-0.2, 0) is 4.79 Å². The predicted octanol–water partition coefficient (Wildman–Crippen LogP) is 2.14. The van der Waals surface area contributed by atoms with Crippen LogP contribution in [0.5, 0.6) is 0 Å². The van der Waals surface area contributed by atoms with Crippen molar-refractivity contribution < 1.29 is 9.59 Å². The molecule has 1 heterocycles. The first kappa shape index (κ1) is 16.1. The van der Waals surface area contributed by atoms with Crippen molar-refractivity contribution in [1.29, 1.82) is 0 Å². The summed E-state index contributed by atoms with van der Waals surface area (Å²) in [6.45, 7) is 0.725. The molecule has 0 aliphatic carbocycles. The van der Waals surface area contributed by atoms with E-state index in [0.717, 1.165) is 6.54 Å². The largest absolute Gasteiger partial charge is 0.324 e. The van der Waals surface area contributed by atoms with Crippen LogP contribution in [0.4, 0.5) is 5.69 Å². The molecule has 1 aliphatic rings. The molecular weight excluding hydrogens is 405 g/mol. The number of hydrogen-bond donors (Lipinski definition) is 3. The van der Waals surface area contributed by atoms with Crippen LogP contribution in [0, 0.1) is 0 Å². The van der Waals surface area contributed by atoms with E-state index in [9.17, 15) is 9.59 Å². The van der Waals surface area contributed by atoms with Gasteiger partial charge in [-0.25, -0.2) is 5.43 Å². The Hall–Kier alpha value is -1.77. The fourth-order valence-corrected chi connectivity index (χ4v) is 3.18. The van der Waals surface area contributed by atoms with E-state index in [-0.39, 0.29) is 21.7 Å². The second-order valence-electron chi connectivity index (χ2n) is 5.25. The normalized spacial score (nSPS) is 20.2. The number of hydrogen-bond acceptors (Lipinski definition) is 4. The van der Waals surface area contributed by atoms with Crippen LogP contribution in [0.25, 0.3) is 0 Å². The third kappa shape index (κ3) is 3.60. The van der Waals surface area contributed by atoms with Gasteiger partial charge in [0.2, 0.25) is 5.91 Å². The van der Waals surface area contributed by atoms with Crippen LogP contribution in [0.1, 0.15) is 15.9 Å². The fourth-order valence-electron chi connectivity index (χ4n) is 2.45. The quantitative estimate of drug-likeness (QED) is 0.402. The summed E-state index contributed by atoms with van der Waals surface area (Å²) in [5, 5.41) is 2.87. The number of ketones is 1. The average Bonchev–Trinajstić information content (AvgIpc) is 3.02. The minimum absolute atomic E-state index is 0.106. The van der Waals surface area contributed by atoms with E-state index in [0.29, 0.717) is 16.8 Å². The van der Waals surface area contributed by atoms with Gasteiger partial charge in [0.15, 0.2) is 5.78 Å². The Morgan fingerprint density at radius 3 is 2.43 bits per heavy atom. The van der Waals surface area contributed by atoms with Crippen molar-refractivity contribution in [1.82, 2.24) is 10.9 Å². The molecule has 118 valence electrons. The first-order chi connectivity index (χ1) is 11.2. The molecule has 3 N–H and O–H groups in total. The van der Waals surface area contributed by atoms with Gasteiger partial charge in [-0.3, -0.25) is 15.0 Å². The molecule has 2 unspecified atom stereocenters. The summed E-state index contributed by atoms with van der Waals surface area (Å²) >= 11 is 2.23. The lowest BCUT2D eigenvalue weighted by molar-refractivity contribution is -0.117. The molecule has 1 amide bonds.